The third-order valence-electron chi connectivity index (χ3n) is 3.22. The van der Waals surface area contributed by atoms with Crippen molar-refractivity contribution in [1.29, 1.82) is 0 Å². The van der Waals surface area contributed by atoms with E-state index in [1.165, 1.54) is 0 Å². The zero-order chi connectivity index (χ0) is 12.2. The Kier molecular flexibility index (Phi) is 5.21. The van der Waals surface area contributed by atoms with Crippen LogP contribution in [0.3, 0.4) is 0 Å². The predicted octanol–water partition coefficient (Wildman–Crippen LogP) is 1.19. The average Bonchev–Trinajstić information content (AvgIpc) is 2.17. The van der Waals surface area contributed by atoms with Gasteiger partial charge in [-0.1, -0.05) is 13.3 Å². The van der Waals surface area contributed by atoms with Crippen molar-refractivity contribution in [3.8, 4) is 0 Å². The summed E-state index contributed by atoms with van der Waals surface area (Å²) in [5, 5.41) is 3.07. The molecule has 0 radical (unpaired) electrons. The summed E-state index contributed by atoms with van der Waals surface area (Å²) < 4.78 is 26.1. The van der Waals surface area contributed by atoms with Crippen LogP contribution < -0.4 is 5.32 Å². The second-order valence-corrected chi connectivity index (χ2v) is 6.62. The van der Waals surface area contributed by atoms with E-state index in [0.717, 1.165) is 25.8 Å². The Morgan fingerprint density at radius 3 is 2.31 bits per heavy atom. The van der Waals surface area contributed by atoms with Gasteiger partial charge in [0.25, 0.3) is 0 Å². The fourth-order valence-corrected chi connectivity index (χ4v) is 4.35. The topological polar surface area (TPSA) is 49.4 Å². The number of rotatable bonds is 5. The molecule has 4 nitrogen and oxygen atoms in total. The summed E-state index contributed by atoms with van der Waals surface area (Å²) >= 11 is 0. The first-order valence-corrected chi connectivity index (χ1v) is 7.82. The lowest BCUT2D eigenvalue weighted by Gasteiger charge is -2.37. The minimum atomic E-state index is -3.08. The molecule has 1 saturated heterocycles. The van der Waals surface area contributed by atoms with Crippen molar-refractivity contribution in [2.75, 3.05) is 18.8 Å². The molecule has 0 saturated carbocycles. The minimum absolute atomic E-state index is 0.162. The minimum Gasteiger partial charge on any atom is -0.316 e. The lowest BCUT2D eigenvalue weighted by Crippen LogP contribution is -2.49. The van der Waals surface area contributed by atoms with Crippen molar-refractivity contribution >= 4 is 10.0 Å². The summed E-state index contributed by atoms with van der Waals surface area (Å²) in [5.41, 5.74) is 0. The summed E-state index contributed by atoms with van der Waals surface area (Å²) in [6, 6.07) is 0.325. The molecule has 0 aromatic heterocycles. The van der Waals surface area contributed by atoms with Crippen molar-refractivity contribution in [3.63, 3.8) is 0 Å². The highest BCUT2D eigenvalue weighted by atomic mass is 32.2. The molecule has 1 rings (SSSR count). The highest BCUT2D eigenvalue weighted by Gasteiger charge is 2.33. The van der Waals surface area contributed by atoms with Crippen molar-refractivity contribution in [3.05, 3.63) is 0 Å². The number of sulfonamides is 1. The molecule has 1 aliphatic rings. The van der Waals surface area contributed by atoms with E-state index in [2.05, 4.69) is 5.32 Å². The molecule has 0 aliphatic carbocycles. The zero-order valence-corrected chi connectivity index (χ0v) is 11.4. The van der Waals surface area contributed by atoms with Crippen LogP contribution in [-0.4, -0.2) is 43.6 Å². The molecule has 96 valence electrons. The Balaban J connectivity index is 2.64. The Morgan fingerprint density at radius 2 is 1.81 bits per heavy atom. The fourth-order valence-electron chi connectivity index (χ4n) is 2.43. The molecule has 0 bridgehead atoms. The number of nitrogens with zero attached hydrogens (tertiary/aromatic N) is 1. The third-order valence-corrected chi connectivity index (χ3v) is 5.30. The van der Waals surface area contributed by atoms with Gasteiger partial charge in [-0.2, -0.15) is 4.31 Å². The van der Waals surface area contributed by atoms with Gasteiger partial charge in [-0.15, -0.1) is 0 Å². The van der Waals surface area contributed by atoms with Gasteiger partial charge < -0.3 is 5.32 Å². The highest BCUT2D eigenvalue weighted by Crippen LogP contribution is 2.25. The quantitative estimate of drug-likeness (QED) is 0.744. The van der Waals surface area contributed by atoms with Crippen molar-refractivity contribution < 1.29 is 8.42 Å². The smallest absolute Gasteiger partial charge is 0.215 e. The van der Waals surface area contributed by atoms with E-state index in [1.54, 1.807) is 4.31 Å². The molecule has 1 aliphatic heterocycles. The van der Waals surface area contributed by atoms with Crippen LogP contribution in [0.15, 0.2) is 0 Å². The normalized spacial score (nSPS) is 28.2. The Labute approximate surface area is 99.5 Å². The maximum Gasteiger partial charge on any atom is 0.215 e. The molecule has 0 aromatic carbocycles. The number of hydrogen-bond acceptors (Lipinski definition) is 3. The molecule has 0 aromatic rings. The summed E-state index contributed by atoms with van der Waals surface area (Å²) in [4.78, 5) is 0. The highest BCUT2D eigenvalue weighted by molar-refractivity contribution is 7.89. The Hall–Kier alpha value is -0.130. The van der Waals surface area contributed by atoms with Gasteiger partial charge in [0.2, 0.25) is 10.0 Å². The molecule has 2 atom stereocenters. The first kappa shape index (κ1) is 13.9. The molecule has 1 N–H and O–H groups in total. The van der Waals surface area contributed by atoms with Crippen LogP contribution in [0.4, 0.5) is 0 Å². The van der Waals surface area contributed by atoms with E-state index in [1.807, 2.05) is 20.8 Å². The number of nitrogens with one attached hydrogen (secondary N) is 1. The van der Waals surface area contributed by atoms with Gasteiger partial charge >= 0.3 is 0 Å². The summed E-state index contributed by atoms with van der Waals surface area (Å²) in [6.07, 6.45) is 3.12. The van der Waals surface area contributed by atoms with E-state index in [4.69, 9.17) is 0 Å². The van der Waals surface area contributed by atoms with Gasteiger partial charge in [-0.25, -0.2) is 8.42 Å². The largest absolute Gasteiger partial charge is 0.316 e. The van der Waals surface area contributed by atoms with Crippen LogP contribution in [0, 0.1) is 0 Å². The van der Waals surface area contributed by atoms with Gasteiger partial charge in [0.15, 0.2) is 0 Å². The number of hydrogen-bond donors (Lipinski definition) is 1. The molecular formula is C11H24N2O2S. The van der Waals surface area contributed by atoms with Crippen LogP contribution in [0.2, 0.25) is 0 Å². The molecular weight excluding hydrogens is 224 g/mol. The van der Waals surface area contributed by atoms with Gasteiger partial charge in [-0.3, -0.25) is 0 Å². The monoisotopic (exact) mass is 248 g/mol. The zero-order valence-electron chi connectivity index (χ0n) is 10.6. The van der Waals surface area contributed by atoms with Gasteiger partial charge in [0, 0.05) is 18.6 Å². The van der Waals surface area contributed by atoms with Crippen LogP contribution in [0.1, 0.15) is 40.0 Å². The third kappa shape index (κ3) is 3.43. The second kappa shape index (κ2) is 5.98. The second-order valence-electron chi connectivity index (χ2n) is 4.63. The van der Waals surface area contributed by atoms with Crippen molar-refractivity contribution in [2.24, 2.45) is 0 Å². The molecule has 5 heteroatoms. The summed E-state index contributed by atoms with van der Waals surface area (Å²) in [6.45, 7) is 7.38. The van der Waals surface area contributed by atoms with E-state index in [0.29, 0.717) is 6.54 Å². The number of piperidine rings is 1. The molecule has 1 heterocycles. The van der Waals surface area contributed by atoms with Crippen molar-refractivity contribution in [2.45, 2.75) is 52.1 Å². The van der Waals surface area contributed by atoms with Crippen LogP contribution in [0.25, 0.3) is 0 Å². The maximum atomic E-state index is 12.2. The van der Waals surface area contributed by atoms with Gasteiger partial charge in [0.05, 0.1) is 5.75 Å². The Morgan fingerprint density at radius 1 is 1.25 bits per heavy atom. The predicted molar refractivity (Wildman–Crippen MR) is 66.9 cm³/mol. The lowest BCUT2D eigenvalue weighted by molar-refractivity contribution is 0.204. The van der Waals surface area contributed by atoms with E-state index in [-0.39, 0.29) is 17.8 Å². The van der Waals surface area contributed by atoms with Gasteiger partial charge in [-0.05, 0) is 33.2 Å². The van der Waals surface area contributed by atoms with E-state index < -0.39 is 10.0 Å². The lowest BCUT2D eigenvalue weighted by atomic mass is 10.0. The first-order valence-electron chi connectivity index (χ1n) is 6.21. The van der Waals surface area contributed by atoms with Crippen LogP contribution >= 0.6 is 0 Å². The maximum absolute atomic E-state index is 12.2. The van der Waals surface area contributed by atoms with E-state index >= 15 is 0 Å². The molecule has 0 unspecified atom stereocenters. The fraction of sp³-hybridized carbons (Fsp3) is 1.00. The molecule has 0 amide bonds. The average molecular weight is 248 g/mol. The van der Waals surface area contributed by atoms with Crippen LogP contribution in [0.5, 0.6) is 0 Å². The Bertz CT molecular complexity index is 293. The standard InChI is InChI=1S/C11H24N2O2S/c1-4-12-8-9-16(14,15)13-10(2)6-5-7-11(13)3/h10-12H,4-9H2,1-3H3/t10-,11+. The first-order chi connectivity index (χ1) is 7.49. The van der Waals surface area contributed by atoms with Crippen molar-refractivity contribution in [1.82, 2.24) is 9.62 Å². The molecule has 16 heavy (non-hydrogen) atoms. The molecule has 1 fully saturated rings. The van der Waals surface area contributed by atoms with E-state index in [9.17, 15) is 8.42 Å². The van der Waals surface area contributed by atoms with Crippen LogP contribution in [-0.2, 0) is 10.0 Å². The summed E-state index contributed by atoms with van der Waals surface area (Å²) in [5.74, 6) is 0.218. The summed E-state index contributed by atoms with van der Waals surface area (Å²) in [7, 11) is -3.08. The molecule has 0 spiro atoms. The van der Waals surface area contributed by atoms with Gasteiger partial charge in [0.1, 0.15) is 0 Å². The SMILES string of the molecule is CCNCCS(=O)(=O)N1[C@H](C)CCC[C@@H]1C.